The van der Waals surface area contributed by atoms with Crippen molar-refractivity contribution in [3.05, 3.63) is 40.5 Å². The number of carboxylic acid groups (broad SMARTS) is 1. The molecule has 0 unspecified atom stereocenters. The van der Waals surface area contributed by atoms with Gasteiger partial charge in [0.15, 0.2) is 0 Å². The highest BCUT2D eigenvalue weighted by molar-refractivity contribution is 6.31. The topological polar surface area (TPSA) is 81.6 Å². The summed E-state index contributed by atoms with van der Waals surface area (Å²) in [6, 6.07) is 7.99. The Balaban J connectivity index is 0.000000540. The molecule has 1 saturated heterocycles. The number of nitrogens with zero attached hydrogens (tertiary/aromatic N) is 4. The van der Waals surface area contributed by atoms with Gasteiger partial charge in [-0.1, -0.05) is 24.1 Å². The summed E-state index contributed by atoms with van der Waals surface area (Å²) in [4.78, 5) is 23.1. The number of carbonyl (C=O) groups is 1. The Labute approximate surface area is 209 Å². The number of aryl methyl sites for hydroxylation is 2. The fourth-order valence-corrected chi connectivity index (χ4v) is 3.85. The second-order valence-corrected chi connectivity index (χ2v) is 8.83. The van der Waals surface area contributed by atoms with Crippen molar-refractivity contribution in [3.63, 3.8) is 0 Å². The summed E-state index contributed by atoms with van der Waals surface area (Å²) < 4.78 is 31.7. The molecule has 0 radical (unpaired) electrons. The highest BCUT2D eigenvalue weighted by Gasteiger charge is 2.38. The number of likely N-dealkylation sites (tertiary alicyclic amines) is 1. The molecule has 0 spiro atoms. The number of rotatable bonds is 8. The number of anilines is 3. The Hall–Kier alpha value is -2.59. The lowest BCUT2D eigenvalue weighted by atomic mass is 10.1. The number of piperidine rings is 1. The largest absolute Gasteiger partial charge is 0.490 e. The maximum absolute atomic E-state index is 10.6. The van der Waals surface area contributed by atoms with E-state index in [-0.39, 0.29) is 0 Å². The average Bonchev–Trinajstić information content (AvgIpc) is 2.79. The van der Waals surface area contributed by atoms with Gasteiger partial charge in [-0.25, -0.2) is 9.78 Å². The van der Waals surface area contributed by atoms with Gasteiger partial charge in [0, 0.05) is 35.6 Å². The molecule has 0 aliphatic carbocycles. The van der Waals surface area contributed by atoms with Gasteiger partial charge in [-0.2, -0.15) is 18.2 Å². The molecule has 0 saturated carbocycles. The van der Waals surface area contributed by atoms with Crippen LogP contribution < -0.4 is 10.2 Å². The number of hydrogen-bond donors (Lipinski definition) is 2. The van der Waals surface area contributed by atoms with Crippen LogP contribution in [0, 0.1) is 13.8 Å². The van der Waals surface area contributed by atoms with Gasteiger partial charge in [0.05, 0.1) is 0 Å². The van der Waals surface area contributed by atoms with E-state index in [1.165, 1.54) is 38.9 Å². The Morgan fingerprint density at radius 3 is 2.40 bits per heavy atom. The third-order valence-electron chi connectivity index (χ3n) is 5.57. The first-order valence-corrected chi connectivity index (χ1v) is 12.0. The number of halogens is 4. The van der Waals surface area contributed by atoms with E-state index in [1.54, 1.807) is 0 Å². The molecule has 1 aliphatic heterocycles. The zero-order chi connectivity index (χ0) is 26.0. The van der Waals surface area contributed by atoms with E-state index in [0.717, 1.165) is 47.3 Å². The highest BCUT2D eigenvalue weighted by atomic mass is 35.5. The van der Waals surface area contributed by atoms with E-state index in [0.29, 0.717) is 5.95 Å². The standard InChI is InChI=1S/C22H32ClN5.C2HF3O2/c1-4-28(14-8-13-27-11-6-5-7-12-27)21-15-18(3)24-22(26-21)25-19-10-9-17(2)20(23)16-19;3-2(4,5)1(6)7/h9-10,15-16H,4-8,11-14H2,1-3H3,(H,24,25,26);(H,6,7). The van der Waals surface area contributed by atoms with E-state index in [4.69, 9.17) is 26.5 Å². The minimum Gasteiger partial charge on any atom is -0.475 e. The number of aliphatic carboxylic acids is 1. The van der Waals surface area contributed by atoms with Gasteiger partial charge >= 0.3 is 12.1 Å². The van der Waals surface area contributed by atoms with Crippen molar-refractivity contribution in [1.29, 1.82) is 0 Å². The van der Waals surface area contributed by atoms with Gasteiger partial charge in [-0.15, -0.1) is 0 Å². The van der Waals surface area contributed by atoms with E-state index in [9.17, 15) is 13.2 Å². The SMILES string of the molecule is CCN(CCCN1CCCCC1)c1cc(C)nc(Nc2ccc(C)c(Cl)c2)n1.O=C(O)C(F)(F)F. The van der Waals surface area contributed by atoms with E-state index in [1.807, 2.05) is 32.0 Å². The van der Waals surface area contributed by atoms with Crippen LogP contribution in [0.25, 0.3) is 0 Å². The van der Waals surface area contributed by atoms with Crippen LogP contribution in [-0.2, 0) is 4.79 Å². The molecule has 7 nitrogen and oxygen atoms in total. The van der Waals surface area contributed by atoms with Crippen molar-refractivity contribution in [3.8, 4) is 0 Å². The Bertz CT molecular complexity index is 969. The normalized spacial score (nSPS) is 14.1. The first kappa shape index (κ1) is 28.6. The predicted octanol–water partition coefficient (Wildman–Crippen LogP) is 5.83. The van der Waals surface area contributed by atoms with Gasteiger partial charge in [0.25, 0.3) is 0 Å². The van der Waals surface area contributed by atoms with E-state index >= 15 is 0 Å². The summed E-state index contributed by atoms with van der Waals surface area (Å²) in [5.41, 5.74) is 2.92. The van der Waals surface area contributed by atoms with Crippen molar-refractivity contribution < 1.29 is 23.1 Å². The third kappa shape index (κ3) is 9.89. The van der Waals surface area contributed by atoms with Crippen LogP contribution in [0.2, 0.25) is 5.02 Å². The summed E-state index contributed by atoms with van der Waals surface area (Å²) in [6.45, 7) is 11.8. The average molecular weight is 516 g/mol. The molecule has 0 bridgehead atoms. The maximum Gasteiger partial charge on any atom is 0.490 e. The molecular weight excluding hydrogens is 483 g/mol. The van der Waals surface area contributed by atoms with Crippen LogP contribution in [0.15, 0.2) is 24.3 Å². The van der Waals surface area contributed by atoms with Crippen molar-refractivity contribution >= 4 is 35.0 Å². The fourth-order valence-electron chi connectivity index (χ4n) is 3.67. The minimum atomic E-state index is -5.08. The van der Waals surface area contributed by atoms with Crippen molar-refractivity contribution in [2.45, 2.75) is 52.6 Å². The number of hydrogen-bond acceptors (Lipinski definition) is 6. The Kier molecular flexibility index (Phi) is 11.0. The maximum atomic E-state index is 10.6. The first-order valence-electron chi connectivity index (χ1n) is 11.7. The lowest BCUT2D eigenvalue weighted by molar-refractivity contribution is -0.192. The van der Waals surface area contributed by atoms with E-state index < -0.39 is 12.1 Å². The lowest BCUT2D eigenvalue weighted by Crippen LogP contribution is -2.33. The summed E-state index contributed by atoms with van der Waals surface area (Å²) in [6.07, 6.45) is 0.161. The monoisotopic (exact) mass is 515 g/mol. The van der Waals surface area contributed by atoms with E-state index in [2.05, 4.69) is 33.1 Å². The Morgan fingerprint density at radius 2 is 1.83 bits per heavy atom. The van der Waals surface area contributed by atoms with Crippen LogP contribution >= 0.6 is 11.6 Å². The second-order valence-electron chi connectivity index (χ2n) is 8.42. The first-order chi connectivity index (χ1) is 16.5. The molecule has 3 rings (SSSR count). The van der Waals surface area contributed by atoms with Gasteiger partial charge in [-0.3, -0.25) is 0 Å². The zero-order valence-corrected chi connectivity index (χ0v) is 21.1. The molecule has 35 heavy (non-hydrogen) atoms. The quantitative estimate of drug-likeness (QED) is 0.458. The molecule has 1 fully saturated rings. The number of nitrogens with one attached hydrogen (secondary N) is 1. The Morgan fingerprint density at radius 1 is 1.17 bits per heavy atom. The molecule has 0 amide bonds. The molecule has 1 aromatic carbocycles. The summed E-state index contributed by atoms with van der Waals surface area (Å²) in [7, 11) is 0. The lowest BCUT2D eigenvalue weighted by Gasteiger charge is -2.28. The van der Waals surface area contributed by atoms with Crippen molar-refractivity contribution in [1.82, 2.24) is 14.9 Å². The third-order valence-corrected chi connectivity index (χ3v) is 5.98. The van der Waals surface area contributed by atoms with Crippen LogP contribution in [0.1, 0.15) is 43.9 Å². The second kappa shape index (κ2) is 13.5. The molecule has 0 atom stereocenters. The van der Waals surface area contributed by atoms with Gasteiger partial charge in [0.2, 0.25) is 5.95 Å². The molecule has 1 aliphatic rings. The minimum absolute atomic E-state index is 0.615. The molecule has 2 aromatic rings. The summed E-state index contributed by atoms with van der Waals surface area (Å²) >= 11 is 6.24. The highest BCUT2D eigenvalue weighted by Crippen LogP contribution is 2.23. The molecule has 11 heteroatoms. The van der Waals surface area contributed by atoms with Gasteiger partial charge in [-0.05, 0) is 77.4 Å². The van der Waals surface area contributed by atoms with Gasteiger partial charge < -0.3 is 20.2 Å². The predicted molar refractivity (Wildman–Crippen MR) is 133 cm³/mol. The molecular formula is C24H33ClF3N5O2. The van der Waals surface area contributed by atoms with Crippen LogP contribution in [0.3, 0.4) is 0 Å². The van der Waals surface area contributed by atoms with Gasteiger partial charge in [0.1, 0.15) is 5.82 Å². The van der Waals surface area contributed by atoms with Crippen LogP contribution in [0.5, 0.6) is 0 Å². The number of aromatic nitrogens is 2. The molecule has 1 aromatic heterocycles. The summed E-state index contributed by atoms with van der Waals surface area (Å²) in [5.74, 6) is -1.16. The number of benzene rings is 1. The fraction of sp³-hybridized carbons (Fsp3) is 0.542. The van der Waals surface area contributed by atoms with Crippen molar-refractivity contribution in [2.75, 3.05) is 42.9 Å². The smallest absolute Gasteiger partial charge is 0.475 e. The van der Waals surface area contributed by atoms with Crippen LogP contribution in [-0.4, -0.2) is 64.8 Å². The number of carboxylic acids is 1. The van der Waals surface area contributed by atoms with Crippen LogP contribution in [0.4, 0.5) is 30.6 Å². The molecule has 194 valence electrons. The molecule has 2 heterocycles. The number of alkyl halides is 3. The summed E-state index contributed by atoms with van der Waals surface area (Å²) in [5, 5.41) is 11.2. The molecule has 2 N–H and O–H groups in total. The zero-order valence-electron chi connectivity index (χ0n) is 20.3. The van der Waals surface area contributed by atoms with Crippen molar-refractivity contribution in [2.24, 2.45) is 0 Å².